The molecule has 1 amide bonds. The van der Waals surface area contributed by atoms with Crippen LogP contribution in [0.25, 0.3) is 21.3 Å². The van der Waals surface area contributed by atoms with Crippen LogP contribution in [0.2, 0.25) is 0 Å². The number of thiophene rings is 1. The van der Waals surface area contributed by atoms with Crippen LogP contribution in [0, 0.1) is 13.8 Å². The molecule has 0 atom stereocenters. The second-order valence-electron chi connectivity index (χ2n) is 7.55. The van der Waals surface area contributed by atoms with Crippen molar-refractivity contribution in [3.05, 3.63) is 44.8 Å². The third-order valence-corrected chi connectivity index (χ3v) is 6.02. The summed E-state index contributed by atoms with van der Waals surface area (Å²) in [5.41, 5.74) is 8.13. The van der Waals surface area contributed by atoms with Crippen molar-refractivity contribution < 1.29 is 9.53 Å². The number of nitrogens with two attached hydrogens (primary N) is 1. The molecule has 2 aromatic heterocycles. The molecule has 0 spiro atoms. The highest BCUT2D eigenvalue weighted by molar-refractivity contribution is 7.19. The molecule has 0 aliphatic rings. The Bertz CT molecular complexity index is 1130. The summed E-state index contributed by atoms with van der Waals surface area (Å²) in [6.45, 7) is 8.48. The molecular formula is C22H27N3O3S. The molecule has 6 nitrogen and oxygen atoms in total. The number of ether oxygens (including phenoxy) is 1. The van der Waals surface area contributed by atoms with Gasteiger partial charge in [0, 0.05) is 29.3 Å². The van der Waals surface area contributed by atoms with Crippen molar-refractivity contribution in [2.24, 2.45) is 5.73 Å². The number of rotatable bonds is 7. The minimum Gasteiger partial charge on any atom is -0.496 e. The van der Waals surface area contributed by atoms with Gasteiger partial charge in [-0.15, -0.1) is 11.3 Å². The summed E-state index contributed by atoms with van der Waals surface area (Å²) in [7, 11) is 1.65. The monoisotopic (exact) mass is 413 g/mol. The first kappa shape index (κ1) is 21.0. The largest absolute Gasteiger partial charge is 0.496 e. The predicted molar refractivity (Wildman–Crippen MR) is 118 cm³/mol. The molecule has 7 heteroatoms. The van der Waals surface area contributed by atoms with E-state index in [1.54, 1.807) is 23.0 Å². The Morgan fingerprint density at radius 2 is 2.03 bits per heavy atom. The quantitative estimate of drug-likeness (QED) is 0.631. The minimum atomic E-state index is -0.362. The average Bonchev–Trinajstić information content (AvgIpc) is 2.99. The lowest BCUT2D eigenvalue weighted by Crippen LogP contribution is -2.26. The van der Waals surface area contributed by atoms with E-state index >= 15 is 0 Å². The van der Waals surface area contributed by atoms with Gasteiger partial charge in [0.25, 0.3) is 5.56 Å². The number of hydrogen-bond acceptors (Lipinski definition) is 5. The summed E-state index contributed by atoms with van der Waals surface area (Å²) in [4.78, 5) is 31.3. The Hall–Kier alpha value is -2.67. The van der Waals surface area contributed by atoms with E-state index in [2.05, 4.69) is 0 Å². The van der Waals surface area contributed by atoms with Crippen molar-refractivity contribution in [3.63, 3.8) is 0 Å². The third kappa shape index (κ3) is 4.05. The van der Waals surface area contributed by atoms with Gasteiger partial charge in [-0.05, 0) is 43.5 Å². The Kier molecular flexibility index (Phi) is 6.07. The van der Waals surface area contributed by atoms with Gasteiger partial charge in [0.2, 0.25) is 5.91 Å². The van der Waals surface area contributed by atoms with E-state index in [1.165, 1.54) is 0 Å². The molecule has 0 aliphatic carbocycles. The van der Waals surface area contributed by atoms with Crippen LogP contribution < -0.4 is 16.0 Å². The van der Waals surface area contributed by atoms with E-state index in [0.717, 1.165) is 38.0 Å². The smallest absolute Gasteiger partial charge is 0.262 e. The number of carbonyl (C=O) groups excluding carboxylic acids is 1. The molecule has 0 saturated heterocycles. The lowest BCUT2D eigenvalue weighted by molar-refractivity contribution is -0.118. The number of carbonyl (C=O) groups is 1. The number of benzene rings is 1. The second kappa shape index (κ2) is 8.37. The van der Waals surface area contributed by atoms with Crippen molar-refractivity contribution in [3.8, 4) is 16.9 Å². The zero-order valence-corrected chi connectivity index (χ0v) is 18.4. The van der Waals surface area contributed by atoms with Gasteiger partial charge in [-0.3, -0.25) is 14.2 Å². The van der Waals surface area contributed by atoms with Crippen molar-refractivity contribution in [1.29, 1.82) is 0 Å². The van der Waals surface area contributed by atoms with Gasteiger partial charge < -0.3 is 10.5 Å². The van der Waals surface area contributed by atoms with Crippen LogP contribution in [0.15, 0.2) is 23.0 Å². The van der Waals surface area contributed by atoms with E-state index in [1.807, 2.05) is 45.9 Å². The Labute approximate surface area is 174 Å². The maximum atomic E-state index is 13.5. The molecule has 2 heterocycles. The minimum absolute atomic E-state index is 0.0593. The number of primary amides is 1. The summed E-state index contributed by atoms with van der Waals surface area (Å²) >= 11 is 1.54. The molecule has 1 aromatic carbocycles. The van der Waals surface area contributed by atoms with Gasteiger partial charge in [-0.2, -0.15) is 0 Å². The molecule has 0 fully saturated rings. The molecule has 0 saturated carbocycles. The van der Waals surface area contributed by atoms with Gasteiger partial charge in [-0.1, -0.05) is 19.9 Å². The molecule has 0 bridgehead atoms. The van der Waals surface area contributed by atoms with Crippen LogP contribution in [-0.4, -0.2) is 22.6 Å². The lowest BCUT2D eigenvalue weighted by atomic mass is 10.0. The zero-order valence-electron chi connectivity index (χ0n) is 17.5. The number of methoxy groups -OCH3 is 1. The first-order valence-electron chi connectivity index (χ1n) is 9.71. The SMILES string of the molecule is COc1ccc(-c2c(C)sc3nc(C(C)C)n(CCCC(N)=O)c(=O)c23)cc1C. The Morgan fingerprint density at radius 3 is 2.62 bits per heavy atom. The van der Waals surface area contributed by atoms with Crippen LogP contribution in [0.3, 0.4) is 0 Å². The molecule has 0 unspecified atom stereocenters. The first-order chi connectivity index (χ1) is 13.7. The molecule has 2 N–H and O–H groups in total. The number of fused-ring (bicyclic) bond motifs is 1. The lowest BCUT2D eigenvalue weighted by Gasteiger charge is -2.15. The van der Waals surface area contributed by atoms with Crippen LogP contribution >= 0.6 is 11.3 Å². The number of hydrogen-bond donors (Lipinski definition) is 1. The summed E-state index contributed by atoms with van der Waals surface area (Å²) in [5.74, 6) is 1.29. The Morgan fingerprint density at radius 1 is 1.31 bits per heavy atom. The summed E-state index contributed by atoms with van der Waals surface area (Å²) < 4.78 is 7.08. The topological polar surface area (TPSA) is 87.2 Å². The maximum absolute atomic E-state index is 13.5. The van der Waals surface area contributed by atoms with Crippen molar-refractivity contribution in [2.45, 2.75) is 53.0 Å². The molecule has 0 radical (unpaired) electrons. The van der Waals surface area contributed by atoms with Gasteiger partial charge in [-0.25, -0.2) is 4.98 Å². The first-order valence-corrected chi connectivity index (χ1v) is 10.5. The van der Waals surface area contributed by atoms with Crippen molar-refractivity contribution in [2.75, 3.05) is 7.11 Å². The second-order valence-corrected chi connectivity index (χ2v) is 8.75. The number of nitrogens with zero attached hydrogens (tertiary/aromatic N) is 2. The fourth-order valence-electron chi connectivity index (χ4n) is 3.66. The molecule has 154 valence electrons. The molecule has 29 heavy (non-hydrogen) atoms. The summed E-state index contributed by atoms with van der Waals surface area (Å²) in [6, 6.07) is 5.95. The fourth-order valence-corrected chi connectivity index (χ4v) is 4.70. The molecular weight excluding hydrogens is 386 g/mol. The number of aryl methyl sites for hydroxylation is 2. The number of amides is 1. The van der Waals surface area contributed by atoms with Crippen LogP contribution in [0.5, 0.6) is 5.75 Å². The van der Waals surface area contributed by atoms with Gasteiger partial charge in [0.05, 0.1) is 12.5 Å². The average molecular weight is 414 g/mol. The van der Waals surface area contributed by atoms with E-state index < -0.39 is 0 Å². The standard InChI is InChI=1S/C22H27N3O3S/c1-12(2)20-24-21-19(22(27)25(20)10-6-7-17(23)26)18(14(4)29-21)15-8-9-16(28-5)13(3)11-15/h8-9,11-12H,6-7,10H2,1-5H3,(H2,23,26). The highest BCUT2D eigenvalue weighted by atomic mass is 32.1. The van der Waals surface area contributed by atoms with Crippen LogP contribution in [-0.2, 0) is 11.3 Å². The van der Waals surface area contributed by atoms with E-state index in [-0.39, 0.29) is 23.8 Å². The van der Waals surface area contributed by atoms with Crippen molar-refractivity contribution >= 4 is 27.5 Å². The fraction of sp³-hybridized carbons (Fsp3) is 0.409. The maximum Gasteiger partial charge on any atom is 0.262 e. The molecule has 0 aliphatic heterocycles. The predicted octanol–water partition coefficient (Wildman–Crippen LogP) is 4.14. The van der Waals surface area contributed by atoms with E-state index in [9.17, 15) is 9.59 Å². The normalized spacial score (nSPS) is 11.4. The highest BCUT2D eigenvalue weighted by Crippen LogP contribution is 2.37. The summed E-state index contributed by atoms with van der Waals surface area (Å²) in [6.07, 6.45) is 0.761. The highest BCUT2D eigenvalue weighted by Gasteiger charge is 2.21. The third-order valence-electron chi connectivity index (χ3n) is 5.02. The van der Waals surface area contributed by atoms with Crippen molar-refractivity contribution in [1.82, 2.24) is 9.55 Å². The van der Waals surface area contributed by atoms with Crippen LogP contribution in [0.4, 0.5) is 0 Å². The van der Waals surface area contributed by atoms with Gasteiger partial charge in [0.1, 0.15) is 16.4 Å². The zero-order chi connectivity index (χ0) is 21.3. The summed E-state index contributed by atoms with van der Waals surface area (Å²) in [5, 5.41) is 0.639. The van der Waals surface area contributed by atoms with Gasteiger partial charge in [0.15, 0.2) is 0 Å². The van der Waals surface area contributed by atoms with Gasteiger partial charge >= 0.3 is 0 Å². The Balaban J connectivity index is 2.22. The molecule has 3 rings (SSSR count). The van der Waals surface area contributed by atoms with Crippen LogP contribution in [0.1, 0.15) is 48.9 Å². The molecule has 3 aromatic rings. The van der Waals surface area contributed by atoms with E-state index in [4.69, 9.17) is 15.5 Å². The number of aromatic nitrogens is 2. The van der Waals surface area contributed by atoms with E-state index in [0.29, 0.717) is 18.4 Å².